The molecule has 2 nitrogen and oxygen atoms in total. The Balaban J connectivity index is 1.28. The number of allylic oxidation sites excluding steroid dienone is 3. The quantitative estimate of drug-likeness (QED) is 0.326. The molecule has 35 heavy (non-hydrogen) atoms. The van der Waals surface area contributed by atoms with Crippen molar-refractivity contribution in [2.75, 3.05) is 6.61 Å². The van der Waals surface area contributed by atoms with Crippen LogP contribution in [0.3, 0.4) is 0 Å². The van der Waals surface area contributed by atoms with Crippen LogP contribution in [0.15, 0.2) is 60.2 Å². The molecule has 0 saturated heterocycles. The number of halogens is 2. The molecule has 1 aromatic rings. The summed E-state index contributed by atoms with van der Waals surface area (Å²) < 4.78 is 40.2. The Kier molecular flexibility index (Phi) is 8.86. The molecule has 0 amide bonds. The minimum atomic E-state index is -1.86. The van der Waals surface area contributed by atoms with Gasteiger partial charge >= 0.3 is 0 Å². The van der Waals surface area contributed by atoms with E-state index in [0.29, 0.717) is 12.5 Å². The maximum Gasteiger partial charge on any atom is 0.187 e. The summed E-state index contributed by atoms with van der Waals surface area (Å²) in [6, 6.07) is 8.56. The first-order chi connectivity index (χ1) is 16.9. The first kappa shape index (κ1) is 26.1. The molecule has 0 bridgehead atoms. The van der Waals surface area contributed by atoms with Gasteiger partial charge in [0.05, 0.1) is 0 Å². The van der Waals surface area contributed by atoms with Crippen LogP contribution >= 0.6 is 0 Å². The Labute approximate surface area is 210 Å². The minimum Gasteiger partial charge on any atom is -0.486 e. The van der Waals surface area contributed by atoms with Gasteiger partial charge in [-0.1, -0.05) is 42.8 Å². The normalized spacial score (nSPS) is 33.2. The zero-order chi connectivity index (χ0) is 24.8. The van der Waals surface area contributed by atoms with Crippen molar-refractivity contribution in [3.63, 3.8) is 0 Å². The number of rotatable bonds is 9. The highest BCUT2D eigenvalue weighted by atomic mass is 19.2. The smallest absolute Gasteiger partial charge is 0.187 e. The number of alkyl halides is 1. The molecule has 6 unspecified atom stereocenters. The fourth-order valence-corrected chi connectivity index (χ4v) is 6.43. The molecule has 3 aliphatic carbocycles. The second-order valence-electron chi connectivity index (χ2n) is 10.9. The van der Waals surface area contributed by atoms with E-state index in [4.69, 9.17) is 9.47 Å². The summed E-state index contributed by atoms with van der Waals surface area (Å²) in [4.78, 5) is 0. The molecule has 6 atom stereocenters. The lowest BCUT2D eigenvalue weighted by Gasteiger charge is -2.42. The summed E-state index contributed by atoms with van der Waals surface area (Å²) >= 11 is 0. The van der Waals surface area contributed by atoms with Crippen molar-refractivity contribution in [3.8, 4) is 0 Å². The van der Waals surface area contributed by atoms with Gasteiger partial charge in [-0.25, -0.2) is 8.78 Å². The third kappa shape index (κ3) is 6.25. The Bertz CT molecular complexity index is 918. The van der Waals surface area contributed by atoms with E-state index < -0.39 is 17.6 Å². The summed E-state index contributed by atoms with van der Waals surface area (Å²) in [5, 5.41) is 0. The minimum absolute atomic E-state index is 0.0432. The van der Waals surface area contributed by atoms with Crippen LogP contribution in [0.2, 0.25) is 0 Å². The third-order valence-corrected chi connectivity index (χ3v) is 8.53. The predicted octanol–water partition coefficient (Wildman–Crippen LogP) is 8.74. The number of fused-ring (bicyclic) bond motifs is 1. The molecule has 4 heteroatoms. The monoisotopic (exact) mass is 484 g/mol. The van der Waals surface area contributed by atoms with Gasteiger partial charge in [0.2, 0.25) is 0 Å². The highest BCUT2D eigenvalue weighted by Gasteiger charge is 2.41. The lowest BCUT2D eigenvalue weighted by molar-refractivity contribution is -0.0425. The van der Waals surface area contributed by atoms with Crippen molar-refractivity contribution in [1.29, 1.82) is 0 Å². The Morgan fingerprint density at radius 3 is 2.54 bits per heavy atom. The molecule has 0 aliphatic heterocycles. The van der Waals surface area contributed by atoms with E-state index in [1.54, 1.807) is 19.9 Å². The van der Waals surface area contributed by atoms with Crippen LogP contribution in [0.5, 0.6) is 0 Å². The SMILES string of the molecule is C/C=C/CCC1CCC2CC(c3ccc(COC4=C(F)C(F)C(C)(OCC)C=C4)cc3)CCC2C1. The largest absolute Gasteiger partial charge is 0.486 e. The molecule has 2 saturated carbocycles. The molecule has 4 rings (SSSR count). The summed E-state index contributed by atoms with van der Waals surface area (Å²) in [5.74, 6) is 2.41. The molecule has 1 aromatic carbocycles. The molecule has 0 spiro atoms. The standard InChI is InChI=1S/C31H42F2O2/c1-4-6-7-8-22-9-14-27-20-26(16-15-25(27)19-22)24-12-10-23(11-13-24)21-34-28-17-18-31(3,35-5-2)30(33)29(28)32/h4,6,10-13,17-18,22,25-27,30H,5,7-9,14-16,19-21H2,1-3H3/b6-4+. The van der Waals surface area contributed by atoms with Crippen LogP contribution in [-0.2, 0) is 16.1 Å². The number of benzene rings is 1. The molecule has 3 aliphatic rings. The van der Waals surface area contributed by atoms with Crippen molar-refractivity contribution in [2.45, 2.75) is 96.4 Å². The second-order valence-corrected chi connectivity index (χ2v) is 10.9. The van der Waals surface area contributed by atoms with E-state index in [1.165, 1.54) is 63.0 Å². The Hall–Kier alpha value is -1.94. The summed E-state index contributed by atoms with van der Waals surface area (Å²) in [6.07, 6.45) is 16.4. The maximum absolute atomic E-state index is 14.6. The van der Waals surface area contributed by atoms with E-state index in [-0.39, 0.29) is 12.4 Å². The average Bonchev–Trinajstić information content (AvgIpc) is 2.87. The summed E-state index contributed by atoms with van der Waals surface area (Å²) in [5.41, 5.74) is 1.09. The molecular weight excluding hydrogens is 442 g/mol. The summed E-state index contributed by atoms with van der Waals surface area (Å²) in [6.45, 7) is 5.97. The fraction of sp³-hybridized carbons (Fsp3) is 0.613. The van der Waals surface area contributed by atoms with Crippen molar-refractivity contribution in [2.24, 2.45) is 17.8 Å². The third-order valence-electron chi connectivity index (χ3n) is 8.53. The lowest BCUT2D eigenvalue weighted by Crippen LogP contribution is -2.40. The van der Waals surface area contributed by atoms with Gasteiger partial charge in [-0.05, 0) is 113 Å². The molecule has 0 N–H and O–H groups in total. The van der Waals surface area contributed by atoms with Gasteiger partial charge in [0.15, 0.2) is 17.8 Å². The van der Waals surface area contributed by atoms with Crippen molar-refractivity contribution in [1.82, 2.24) is 0 Å². The lowest BCUT2D eigenvalue weighted by atomic mass is 9.63. The zero-order valence-electron chi connectivity index (χ0n) is 21.6. The molecule has 2 fully saturated rings. The van der Waals surface area contributed by atoms with Gasteiger partial charge in [-0.15, -0.1) is 0 Å². The van der Waals surface area contributed by atoms with E-state index in [1.807, 2.05) is 0 Å². The zero-order valence-corrected chi connectivity index (χ0v) is 21.6. The van der Waals surface area contributed by atoms with Crippen LogP contribution in [0.4, 0.5) is 8.78 Å². The van der Waals surface area contributed by atoms with Gasteiger partial charge in [0.1, 0.15) is 12.2 Å². The van der Waals surface area contributed by atoms with E-state index in [9.17, 15) is 8.78 Å². The van der Waals surface area contributed by atoms with Gasteiger partial charge < -0.3 is 9.47 Å². The van der Waals surface area contributed by atoms with Crippen LogP contribution in [0.1, 0.15) is 89.2 Å². The predicted molar refractivity (Wildman–Crippen MR) is 138 cm³/mol. The van der Waals surface area contributed by atoms with E-state index in [0.717, 1.165) is 23.3 Å². The maximum atomic E-state index is 14.6. The van der Waals surface area contributed by atoms with Crippen LogP contribution < -0.4 is 0 Å². The van der Waals surface area contributed by atoms with Crippen LogP contribution in [0.25, 0.3) is 0 Å². The van der Waals surface area contributed by atoms with Gasteiger partial charge in [0, 0.05) is 6.61 Å². The highest BCUT2D eigenvalue weighted by molar-refractivity contribution is 5.32. The second kappa shape index (κ2) is 11.9. The Morgan fingerprint density at radius 2 is 1.80 bits per heavy atom. The number of hydrogen-bond acceptors (Lipinski definition) is 2. The van der Waals surface area contributed by atoms with E-state index in [2.05, 4.69) is 43.3 Å². The molecule has 192 valence electrons. The van der Waals surface area contributed by atoms with Gasteiger partial charge in [-0.2, -0.15) is 0 Å². The van der Waals surface area contributed by atoms with Crippen LogP contribution in [0, 0.1) is 17.8 Å². The van der Waals surface area contributed by atoms with Crippen molar-refractivity contribution in [3.05, 3.63) is 71.3 Å². The van der Waals surface area contributed by atoms with Gasteiger partial charge in [0.25, 0.3) is 0 Å². The number of ether oxygens (including phenoxy) is 2. The molecule has 0 aromatic heterocycles. The first-order valence-corrected chi connectivity index (χ1v) is 13.6. The molecular formula is C31H42F2O2. The Morgan fingerprint density at radius 1 is 1.06 bits per heavy atom. The van der Waals surface area contributed by atoms with E-state index >= 15 is 0 Å². The topological polar surface area (TPSA) is 18.5 Å². The fourth-order valence-electron chi connectivity index (χ4n) is 6.43. The molecule has 0 radical (unpaired) electrons. The average molecular weight is 485 g/mol. The highest BCUT2D eigenvalue weighted by Crippen LogP contribution is 2.48. The van der Waals surface area contributed by atoms with Gasteiger partial charge in [-0.3, -0.25) is 0 Å². The number of hydrogen-bond donors (Lipinski definition) is 0. The van der Waals surface area contributed by atoms with Crippen molar-refractivity contribution < 1.29 is 18.3 Å². The van der Waals surface area contributed by atoms with Crippen LogP contribution in [-0.4, -0.2) is 18.4 Å². The molecule has 0 heterocycles. The first-order valence-electron chi connectivity index (χ1n) is 13.6. The summed E-state index contributed by atoms with van der Waals surface area (Å²) in [7, 11) is 0. The van der Waals surface area contributed by atoms with Crippen molar-refractivity contribution >= 4 is 0 Å².